The maximum Gasteiger partial charge on any atom is 0.407 e. The number of nitrogens with two attached hydrogens (primary N) is 1. The zero-order chi connectivity index (χ0) is 24.0. The van der Waals surface area contributed by atoms with Crippen LogP contribution < -0.4 is 11.1 Å². The predicted octanol–water partition coefficient (Wildman–Crippen LogP) is 3.35. The van der Waals surface area contributed by atoms with Crippen molar-refractivity contribution in [2.75, 3.05) is 18.1 Å². The average Bonchev–Trinajstić information content (AvgIpc) is 2.77. The number of carbonyl (C=O) groups is 2. The van der Waals surface area contributed by atoms with Crippen molar-refractivity contribution in [3.63, 3.8) is 0 Å². The number of rotatable bonds is 7. The molecule has 3 rings (SSSR count). The first-order chi connectivity index (χ1) is 15.8. The van der Waals surface area contributed by atoms with Gasteiger partial charge in [0.05, 0.1) is 23.6 Å². The van der Waals surface area contributed by atoms with Gasteiger partial charge in [0.1, 0.15) is 17.5 Å². The standard InChI is InChI=1S/C22H21N7O3S/c1-13(30)25-15-8-6-14(7-9-15)19-18(10-23)20(24)28-21(27-19)33-12-17-5-3-4-16(26-17)11-29(2)22(31)32/h3-9H,11-12H2,1-2H3,(H,25,30)(H,31,32)(H2,24,27,28). The number of pyridine rings is 1. The number of thioether (sulfide) groups is 1. The Hall–Kier alpha value is -4.17. The smallest absolute Gasteiger partial charge is 0.407 e. The third-order valence-electron chi connectivity index (χ3n) is 4.45. The Morgan fingerprint density at radius 3 is 2.48 bits per heavy atom. The van der Waals surface area contributed by atoms with Crippen LogP contribution in [-0.2, 0) is 17.1 Å². The average molecular weight is 464 g/mol. The minimum Gasteiger partial charge on any atom is -0.465 e. The zero-order valence-corrected chi connectivity index (χ0v) is 18.8. The molecule has 2 aromatic heterocycles. The van der Waals surface area contributed by atoms with Crippen LogP contribution in [0.5, 0.6) is 0 Å². The predicted molar refractivity (Wildman–Crippen MR) is 124 cm³/mol. The number of anilines is 2. The Bertz CT molecular complexity index is 1230. The number of hydrogen-bond donors (Lipinski definition) is 3. The molecule has 33 heavy (non-hydrogen) atoms. The van der Waals surface area contributed by atoms with E-state index in [-0.39, 0.29) is 23.8 Å². The Morgan fingerprint density at radius 2 is 1.85 bits per heavy atom. The van der Waals surface area contributed by atoms with Gasteiger partial charge in [0.25, 0.3) is 0 Å². The number of aromatic nitrogens is 3. The molecule has 0 bridgehead atoms. The molecule has 0 saturated heterocycles. The van der Waals surface area contributed by atoms with Crippen LogP contribution in [0.15, 0.2) is 47.6 Å². The van der Waals surface area contributed by atoms with E-state index in [9.17, 15) is 14.9 Å². The minimum absolute atomic E-state index is 0.0701. The molecule has 0 unspecified atom stereocenters. The van der Waals surface area contributed by atoms with Crippen LogP contribution in [0.25, 0.3) is 11.3 Å². The number of nitrogens with one attached hydrogen (secondary N) is 1. The SMILES string of the molecule is CC(=O)Nc1ccc(-c2nc(SCc3cccc(CN(C)C(=O)O)n3)nc(N)c2C#N)cc1. The van der Waals surface area contributed by atoms with Gasteiger partial charge in [-0.2, -0.15) is 5.26 Å². The van der Waals surface area contributed by atoms with Crippen molar-refractivity contribution in [2.45, 2.75) is 24.4 Å². The molecule has 168 valence electrons. The molecule has 1 aromatic carbocycles. The van der Waals surface area contributed by atoms with E-state index in [1.807, 2.05) is 12.1 Å². The van der Waals surface area contributed by atoms with Gasteiger partial charge < -0.3 is 21.1 Å². The molecule has 0 saturated carbocycles. The van der Waals surface area contributed by atoms with Crippen LogP contribution in [0.4, 0.5) is 16.3 Å². The van der Waals surface area contributed by atoms with E-state index < -0.39 is 6.09 Å². The number of nitrogens with zero attached hydrogens (tertiary/aromatic N) is 5. The van der Waals surface area contributed by atoms with E-state index in [0.29, 0.717) is 33.5 Å². The van der Waals surface area contributed by atoms with Gasteiger partial charge in [-0.3, -0.25) is 9.78 Å². The molecule has 4 N–H and O–H groups in total. The van der Waals surface area contributed by atoms with Crippen molar-refractivity contribution in [3.05, 3.63) is 59.4 Å². The summed E-state index contributed by atoms with van der Waals surface area (Å²) in [5, 5.41) is 21.6. The summed E-state index contributed by atoms with van der Waals surface area (Å²) in [6.07, 6.45) is -1.03. The lowest BCUT2D eigenvalue weighted by molar-refractivity contribution is -0.114. The van der Waals surface area contributed by atoms with Crippen molar-refractivity contribution in [2.24, 2.45) is 0 Å². The molecule has 3 aromatic rings. The maximum absolute atomic E-state index is 11.2. The lowest BCUT2D eigenvalue weighted by Crippen LogP contribution is -2.24. The molecule has 0 aliphatic rings. The number of nitrogen functional groups attached to an aromatic ring is 1. The van der Waals surface area contributed by atoms with E-state index in [1.165, 1.54) is 25.7 Å². The summed E-state index contributed by atoms with van der Waals surface area (Å²) in [7, 11) is 1.48. The summed E-state index contributed by atoms with van der Waals surface area (Å²) in [6, 6.07) is 14.4. The molecule has 0 spiro atoms. The number of amides is 2. The van der Waals surface area contributed by atoms with Crippen LogP contribution >= 0.6 is 11.8 Å². The minimum atomic E-state index is -1.03. The van der Waals surface area contributed by atoms with Crippen LogP contribution in [0.2, 0.25) is 0 Å². The van der Waals surface area contributed by atoms with E-state index in [4.69, 9.17) is 10.8 Å². The topological polar surface area (TPSA) is 158 Å². The maximum atomic E-state index is 11.2. The van der Waals surface area contributed by atoms with E-state index >= 15 is 0 Å². The van der Waals surface area contributed by atoms with E-state index in [1.54, 1.807) is 30.3 Å². The number of carboxylic acid groups (broad SMARTS) is 1. The second-order valence-electron chi connectivity index (χ2n) is 7.03. The van der Waals surface area contributed by atoms with Gasteiger partial charge in [0.15, 0.2) is 5.16 Å². The molecule has 2 amide bonds. The van der Waals surface area contributed by atoms with Crippen LogP contribution in [-0.4, -0.2) is 44.0 Å². The summed E-state index contributed by atoms with van der Waals surface area (Å²) >= 11 is 1.30. The first kappa shape index (κ1) is 23.5. The van der Waals surface area contributed by atoms with Gasteiger partial charge >= 0.3 is 6.09 Å². The van der Waals surface area contributed by atoms with Crippen LogP contribution in [0.3, 0.4) is 0 Å². The Kier molecular flexibility index (Phi) is 7.42. The molecular weight excluding hydrogens is 442 g/mol. The molecule has 0 fully saturated rings. The lowest BCUT2D eigenvalue weighted by Gasteiger charge is -2.13. The normalized spacial score (nSPS) is 10.3. The summed E-state index contributed by atoms with van der Waals surface area (Å²) < 4.78 is 0. The van der Waals surface area contributed by atoms with Crippen molar-refractivity contribution < 1.29 is 14.7 Å². The first-order valence-corrected chi connectivity index (χ1v) is 10.7. The van der Waals surface area contributed by atoms with Gasteiger partial charge in [-0.05, 0) is 24.3 Å². The fourth-order valence-corrected chi connectivity index (χ4v) is 3.66. The summed E-state index contributed by atoms with van der Waals surface area (Å²) in [4.78, 5) is 36.6. The highest BCUT2D eigenvalue weighted by molar-refractivity contribution is 7.98. The van der Waals surface area contributed by atoms with E-state index in [0.717, 1.165) is 10.6 Å². The Labute approximate surface area is 194 Å². The summed E-state index contributed by atoms with van der Waals surface area (Å²) in [6.45, 7) is 1.60. The largest absolute Gasteiger partial charge is 0.465 e. The molecule has 0 radical (unpaired) electrons. The molecule has 0 aliphatic heterocycles. The van der Waals surface area contributed by atoms with Gasteiger partial charge in [-0.15, -0.1) is 0 Å². The van der Waals surface area contributed by atoms with Gasteiger partial charge in [-0.25, -0.2) is 14.8 Å². The summed E-state index contributed by atoms with van der Waals surface area (Å²) in [5.41, 5.74) is 9.22. The summed E-state index contributed by atoms with van der Waals surface area (Å²) in [5.74, 6) is 0.315. The molecule has 0 aliphatic carbocycles. The van der Waals surface area contributed by atoms with Gasteiger partial charge in [-0.1, -0.05) is 30.0 Å². The first-order valence-electron chi connectivity index (χ1n) is 9.74. The highest BCUT2D eigenvalue weighted by atomic mass is 32.2. The fraction of sp³-hybridized carbons (Fsp3) is 0.182. The quantitative estimate of drug-likeness (QED) is 0.353. The fourth-order valence-electron chi connectivity index (χ4n) is 2.90. The number of nitriles is 1. The number of carbonyl (C=O) groups excluding carboxylic acids is 1. The Morgan fingerprint density at radius 1 is 1.15 bits per heavy atom. The van der Waals surface area contributed by atoms with Crippen molar-refractivity contribution in [1.82, 2.24) is 19.9 Å². The zero-order valence-electron chi connectivity index (χ0n) is 17.9. The van der Waals surface area contributed by atoms with Gasteiger partial charge in [0.2, 0.25) is 5.91 Å². The highest BCUT2D eigenvalue weighted by Crippen LogP contribution is 2.29. The van der Waals surface area contributed by atoms with Gasteiger partial charge in [0, 0.05) is 31.0 Å². The van der Waals surface area contributed by atoms with Crippen molar-refractivity contribution in [1.29, 1.82) is 5.26 Å². The highest BCUT2D eigenvalue weighted by Gasteiger charge is 2.15. The van der Waals surface area contributed by atoms with E-state index in [2.05, 4.69) is 26.3 Å². The molecule has 2 heterocycles. The molecular formula is C22H21N7O3S. The second-order valence-corrected chi connectivity index (χ2v) is 7.98. The Balaban J connectivity index is 1.81. The molecule has 10 nitrogen and oxygen atoms in total. The third-order valence-corrected chi connectivity index (χ3v) is 5.33. The second kappa shape index (κ2) is 10.4. The molecule has 0 atom stereocenters. The number of benzene rings is 1. The van der Waals surface area contributed by atoms with Crippen LogP contribution in [0, 0.1) is 11.3 Å². The van der Waals surface area contributed by atoms with Crippen LogP contribution in [0.1, 0.15) is 23.9 Å². The number of hydrogen-bond acceptors (Lipinski definition) is 8. The monoisotopic (exact) mass is 463 g/mol. The third kappa shape index (κ3) is 6.18. The van der Waals surface area contributed by atoms with Crippen molar-refractivity contribution >= 4 is 35.3 Å². The lowest BCUT2D eigenvalue weighted by atomic mass is 10.1. The molecule has 11 heteroatoms. The van der Waals surface area contributed by atoms with Crippen molar-refractivity contribution in [3.8, 4) is 17.3 Å².